The maximum atomic E-state index is 11.0. The molecule has 11 heavy (non-hydrogen) atoms. The summed E-state index contributed by atoms with van der Waals surface area (Å²) in [4.78, 5) is 22.0. The maximum Gasteiger partial charge on any atom is 0.309 e. The molecule has 0 radical (unpaired) electrons. The maximum absolute atomic E-state index is 11.0. The van der Waals surface area contributed by atoms with Gasteiger partial charge in [-0.25, -0.2) is 0 Å². The Labute approximate surface area is 65.7 Å². The molecule has 62 valence electrons. The van der Waals surface area contributed by atoms with Crippen LogP contribution in [0.4, 0.5) is 0 Å². The highest BCUT2D eigenvalue weighted by Gasteiger charge is 2.26. The van der Waals surface area contributed by atoms with Gasteiger partial charge >= 0.3 is 5.97 Å². The van der Waals surface area contributed by atoms with E-state index in [4.69, 9.17) is 4.74 Å². The van der Waals surface area contributed by atoms with Crippen molar-refractivity contribution in [1.82, 2.24) is 0 Å². The first-order valence-corrected chi connectivity index (χ1v) is 3.84. The molecule has 0 amide bonds. The van der Waals surface area contributed by atoms with E-state index in [1.807, 2.05) is 0 Å². The molecule has 1 aliphatic rings. The Morgan fingerprint density at radius 3 is 2.64 bits per heavy atom. The van der Waals surface area contributed by atoms with Gasteiger partial charge in [0.1, 0.15) is 0 Å². The van der Waals surface area contributed by atoms with Crippen LogP contribution in [0.1, 0.15) is 26.7 Å². The quantitative estimate of drug-likeness (QED) is 0.490. The van der Waals surface area contributed by atoms with Gasteiger partial charge in [-0.2, -0.15) is 0 Å². The van der Waals surface area contributed by atoms with Gasteiger partial charge in [-0.1, -0.05) is 6.92 Å². The fraction of sp³-hybridized carbons (Fsp3) is 0.750. The van der Waals surface area contributed by atoms with Gasteiger partial charge in [0, 0.05) is 6.42 Å². The zero-order chi connectivity index (χ0) is 8.43. The molecule has 1 rings (SSSR count). The monoisotopic (exact) mass is 156 g/mol. The number of rotatable bonds is 0. The topological polar surface area (TPSA) is 43.4 Å². The van der Waals surface area contributed by atoms with Gasteiger partial charge in [-0.15, -0.1) is 0 Å². The lowest BCUT2D eigenvalue weighted by Crippen LogP contribution is -2.21. The second kappa shape index (κ2) is 3.03. The SMILES string of the molecule is CC1CCC(=O)C(C)OC1=O. The molecule has 1 saturated heterocycles. The standard InChI is InChI=1S/C8H12O3/c1-5-3-4-7(9)6(2)11-8(5)10/h5-6H,3-4H2,1-2H3. The number of Topliss-reactive ketones (excluding diaryl/α,β-unsaturated/α-hetero) is 1. The van der Waals surface area contributed by atoms with E-state index in [0.29, 0.717) is 12.8 Å². The molecule has 0 saturated carbocycles. The Kier molecular flexibility index (Phi) is 2.27. The number of cyclic esters (lactones) is 1. The largest absolute Gasteiger partial charge is 0.454 e. The lowest BCUT2D eigenvalue weighted by molar-refractivity contribution is -0.154. The minimum Gasteiger partial charge on any atom is -0.454 e. The zero-order valence-corrected chi connectivity index (χ0v) is 6.79. The summed E-state index contributed by atoms with van der Waals surface area (Å²) in [6, 6.07) is 0. The van der Waals surface area contributed by atoms with Crippen LogP contribution in [0.2, 0.25) is 0 Å². The summed E-state index contributed by atoms with van der Waals surface area (Å²) < 4.78 is 4.85. The molecule has 3 nitrogen and oxygen atoms in total. The third-order valence-electron chi connectivity index (χ3n) is 1.97. The normalized spacial score (nSPS) is 32.9. The Morgan fingerprint density at radius 2 is 2.00 bits per heavy atom. The molecule has 0 spiro atoms. The van der Waals surface area contributed by atoms with Gasteiger partial charge in [0.05, 0.1) is 5.92 Å². The lowest BCUT2D eigenvalue weighted by atomic mass is 10.0. The van der Waals surface area contributed by atoms with Gasteiger partial charge in [0.15, 0.2) is 11.9 Å². The molecule has 1 fully saturated rings. The summed E-state index contributed by atoms with van der Waals surface area (Å²) in [5.41, 5.74) is 0. The first-order chi connectivity index (χ1) is 5.11. The van der Waals surface area contributed by atoms with Crippen LogP contribution in [0, 0.1) is 5.92 Å². The van der Waals surface area contributed by atoms with Gasteiger partial charge in [0.2, 0.25) is 0 Å². The number of ether oxygens (including phenoxy) is 1. The molecular formula is C8H12O3. The van der Waals surface area contributed by atoms with Crippen molar-refractivity contribution in [2.24, 2.45) is 5.92 Å². The summed E-state index contributed by atoms with van der Waals surface area (Å²) in [6.45, 7) is 3.41. The first-order valence-electron chi connectivity index (χ1n) is 3.84. The highest BCUT2D eigenvalue weighted by atomic mass is 16.5. The van der Waals surface area contributed by atoms with Crippen molar-refractivity contribution in [1.29, 1.82) is 0 Å². The first kappa shape index (κ1) is 8.24. The fourth-order valence-electron chi connectivity index (χ4n) is 1.04. The summed E-state index contributed by atoms with van der Waals surface area (Å²) in [5.74, 6) is -0.338. The van der Waals surface area contributed by atoms with Crippen molar-refractivity contribution in [3.63, 3.8) is 0 Å². The van der Waals surface area contributed by atoms with E-state index in [9.17, 15) is 9.59 Å². The van der Waals surface area contributed by atoms with Crippen molar-refractivity contribution >= 4 is 11.8 Å². The molecule has 1 heterocycles. The van der Waals surface area contributed by atoms with Crippen LogP contribution in [-0.4, -0.2) is 17.9 Å². The molecule has 2 atom stereocenters. The van der Waals surface area contributed by atoms with Crippen LogP contribution in [0.25, 0.3) is 0 Å². The number of hydrogen-bond donors (Lipinski definition) is 0. The van der Waals surface area contributed by atoms with E-state index in [1.165, 1.54) is 0 Å². The van der Waals surface area contributed by atoms with Gasteiger partial charge < -0.3 is 4.74 Å². The van der Waals surface area contributed by atoms with Gasteiger partial charge in [-0.3, -0.25) is 9.59 Å². The highest BCUT2D eigenvalue weighted by molar-refractivity contribution is 5.87. The predicted molar refractivity (Wildman–Crippen MR) is 39.0 cm³/mol. The van der Waals surface area contributed by atoms with Crippen molar-refractivity contribution in [2.75, 3.05) is 0 Å². The van der Waals surface area contributed by atoms with Gasteiger partial charge in [0.25, 0.3) is 0 Å². The predicted octanol–water partition coefficient (Wildman–Crippen LogP) is 0.917. The Hall–Kier alpha value is -0.860. The summed E-state index contributed by atoms with van der Waals surface area (Å²) >= 11 is 0. The molecule has 1 aliphatic heterocycles. The Balaban J connectivity index is 2.66. The highest BCUT2D eigenvalue weighted by Crippen LogP contribution is 2.15. The second-order valence-electron chi connectivity index (χ2n) is 2.99. The second-order valence-corrected chi connectivity index (χ2v) is 2.99. The van der Waals surface area contributed by atoms with E-state index in [0.717, 1.165) is 0 Å². The number of ketones is 1. The molecule has 3 heteroatoms. The molecule has 0 aromatic rings. The van der Waals surface area contributed by atoms with Gasteiger partial charge in [-0.05, 0) is 13.3 Å². The molecule has 2 unspecified atom stereocenters. The average molecular weight is 156 g/mol. The van der Waals surface area contributed by atoms with Crippen molar-refractivity contribution < 1.29 is 14.3 Å². The molecule has 0 aliphatic carbocycles. The minimum absolute atomic E-state index is 0.0303. The van der Waals surface area contributed by atoms with Crippen molar-refractivity contribution in [2.45, 2.75) is 32.8 Å². The number of hydrogen-bond acceptors (Lipinski definition) is 3. The molecule has 0 aromatic carbocycles. The van der Waals surface area contributed by atoms with Crippen molar-refractivity contribution in [3.8, 4) is 0 Å². The van der Waals surface area contributed by atoms with E-state index >= 15 is 0 Å². The molecule has 0 bridgehead atoms. The average Bonchev–Trinajstić information content (AvgIpc) is 2.05. The third-order valence-corrected chi connectivity index (χ3v) is 1.97. The smallest absolute Gasteiger partial charge is 0.309 e. The number of carbonyl (C=O) groups is 2. The zero-order valence-electron chi connectivity index (χ0n) is 6.79. The van der Waals surface area contributed by atoms with E-state index < -0.39 is 6.10 Å². The van der Waals surface area contributed by atoms with E-state index in [2.05, 4.69) is 0 Å². The molecule has 0 N–H and O–H groups in total. The Bertz CT molecular complexity index is 186. The lowest BCUT2D eigenvalue weighted by Gasteiger charge is -2.08. The summed E-state index contributed by atoms with van der Waals surface area (Å²) in [6.07, 6.45) is 0.559. The minimum atomic E-state index is -0.535. The van der Waals surface area contributed by atoms with Crippen LogP contribution in [0.15, 0.2) is 0 Å². The van der Waals surface area contributed by atoms with E-state index in [1.54, 1.807) is 13.8 Å². The van der Waals surface area contributed by atoms with Crippen LogP contribution >= 0.6 is 0 Å². The number of carbonyl (C=O) groups excluding carboxylic acids is 2. The number of esters is 1. The van der Waals surface area contributed by atoms with Crippen LogP contribution < -0.4 is 0 Å². The Morgan fingerprint density at radius 1 is 1.36 bits per heavy atom. The van der Waals surface area contributed by atoms with Crippen LogP contribution in [0.5, 0.6) is 0 Å². The van der Waals surface area contributed by atoms with Crippen LogP contribution in [-0.2, 0) is 14.3 Å². The van der Waals surface area contributed by atoms with E-state index in [-0.39, 0.29) is 17.7 Å². The summed E-state index contributed by atoms with van der Waals surface area (Å²) in [5, 5.41) is 0. The molecular weight excluding hydrogens is 144 g/mol. The molecule has 0 aromatic heterocycles. The fourth-order valence-corrected chi connectivity index (χ4v) is 1.04. The third kappa shape index (κ3) is 1.79. The summed E-state index contributed by atoms with van der Waals surface area (Å²) in [7, 11) is 0. The van der Waals surface area contributed by atoms with Crippen molar-refractivity contribution in [3.05, 3.63) is 0 Å². The van der Waals surface area contributed by atoms with Crippen LogP contribution in [0.3, 0.4) is 0 Å².